The van der Waals surface area contributed by atoms with Gasteiger partial charge < -0.3 is 14.5 Å². The minimum absolute atomic E-state index is 0.0110. The van der Waals surface area contributed by atoms with Gasteiger partial charge in [-0.3, -0.25) is 0 Å². The highest BCUT2D eigenvalue weighted by Crippen LogP contribution is 2.34. The van der Waals surface area contributed by atoms with E-state index in [1.807, 2.05) is 23.6 Å². The maximum absolute atomic E-state index is 13.4. The number of hydrogen-bond acceptors (Lipinski definition) is 5. The summed E-state index contributed by atoms with van der Waals surface area (Å²) in [6.45, 7) is 8.12. The van der Waals surface area contributed by atoms with Crippen LogP contribution in [-0.2, 0) is 11.3 Å². The summed E-state index contributed by atoms with van der Waals surface area (Å²) >= 11 is 9.54. The molecule has 0 aliphatic carbocycles. The van der Waals surface area contributed by atoms with Crippen molar-refractivity contribution in [3.05, 3.63) is 51.2 Å². The normalized spacial score (nSPS) is 20.4. The molecule has 1 aliphatic heterocycles. The van der Waals surface area contributed by atoms with Crippen LogP contribution >= 0.6 is 27.5 Å². The molecular formula is C25H32BrClF2N4O2. The largest absolute Gasteiger partial charge is 0.447 e. The third-order valence-corrected chi connectivity index (χ3v) is 6.88. The fourth-order valence-electron chi connectivity index (χ4n) is 4.70. The van der Waals surface area contributed by atoms with Gasteiger partial charge in [-0.15, -0.1) is 0 Å². The zero-order valence-corrected chi connectivity index (χ0v) is 22.8. The Balaban J connectivity index is 1.96. The summed E-state index contributed by atoms with van der Waals surface area (Å²) < 4.78 is 33.2. The predicted octanol–water partition coefficient (Wildman–Crippen LogP) is 7.40. The summed E-state index contributed by atoms with van der Waals surface area (Å²) in [6, 6.07) is 4.39. The zero-order chi connectivity index (χ0) is 25.7. The predicted molar refractivity (Wildman–Crippen MR) is 137 cm³/mol. The topological polar surface area (TPSA) is 58.6 Å². The van der Waals surface area contributed by atoms with Gasteiger partial charge in [0.15, 0.2) is 0 Å². The van der Waals surface area contributed by atoms with E-state index in [0.717, 1.165) is 17.3 Å². The quantitative estimate of drug-likeness (QED) is 0.329. The highest BCUT2D eigenvalue weighted by atomic mass is 79.9. The number of likely N-dealkylation sites (tertiary alicyclic amines) is 1. The first kappa shape index (κ1) is 27.6. The minimum Gasteiger partial charge on any atom is -0.447 e. The average molecular weight is 574 g/mol. The molecule has 6 nitrogen and oxygen atoms in total. The Morgan fingerprint density at radius 3 is 2.29 bits per heavy atom. The number of amides is 1. The minimum atomic E-state index is -2.62. The Hall–Kier alpha value is -2.00. The summed E-state index contributed by atoms with van der Waals surface area (Å²) in [4.78, 5) is 25.9. The number of anilines is 1. The van der Waals surface area contributed by atoms with Crippen LogP contribution in [0.2, 0.25) is 5.02 Å². The Morgan fingerprint density at radius 2 is 1.77 bits per heavy atom. The van der Waals surface area contributed by atoms with E-state index in [0.29, 0.717) is 30.9 Å². The van der Waals surface area contributed by atoms with E-state index in [-0.39, 0.29) is 40.9 Å². The second-order valence-corrected chi connectivity index (χ2v) is 10.5. The van der Waals surface area contributed by atoms with Gasteiger partial charge in [0, 0.05) is 47.7 Å². The van der Waals surface area contributed by atoms with E-state index in [9.17, 15) is 13.6 Å². The number of piperidine rings is 1. The number of aromatic nitrogens is 2. The lowest BCUT2D eigenvalue weighted by molar-refractivity contribution is 0.0228. The number of nitrogens with zero attached hydrogens (tertiary/aromatic N) is 4. The molecule has 35 heavy (non-hydrogen) atoms. The van der Waals surface area contributed by atoms with E-state index < -0.39 is 6.43 Å². The first-order valence-corrected chi connectivity index (χ1v) is 13.1. The van der Waals surface area contributed by atoms with Gasteiger partial charge in [0.25, 0.3) is 6.43 Å². The van der Waals surface area contributed by atoms with Crippen LogP contribution in [-0.4, -0.2) is 45.2 Å². The number of ether oxygens (including phenoxy) is 1. The van der Waals surface area contributed by atoms with Crippen LogP contribution in [0.1, 0.15) is 70.9 Å². The summed E-state index contributed by atoms with van der Waals surface area (Å²) in [6.07, 6.45) is 3.13. The van der Waals surface area contributed by atoms with E-state index in [4.69, 9.17) is 16.3 Å². The molecule has 10 heteroatoms. The molecule has 0 saturated carbocycles. The lowest BCUT2D eigenvalue weighted by Gasteiger charge is -2.47. The third kappa shape index (κ3) is 7.03. The van der Waals surface area contributed by atoms with E-state index in [1.54, 1.807) is 18.5 Å². The highest BCUT2D eigenvalue weighted by Gasteiger charge is 2.40. The van der Waals surface area contributed by atoms with Crippen LogP contribution in [0.15, 0.2) is 35.1 Å². The Bertz CT molecular complexity index is 982. The van der Waals surface area contributed by atoms with Crippen molar-refractivity contribution in [1.29, 1.82) is 0 Å². The van der Waals surface area contributed by atoms with Crippen molar-refractivity contribution in [2.45, 2.75) is 90.6 Å². The van der Waals surface area contributed by atoms with Crippen LogP contribution in [0.4, 0.5) is 19.5 Å². The lowest BCUT2D eigenvalue weighted by atomic mass is 9.87. The van der Waals surface area contributed by atoms with Crippen LogP contribution in [0, 0.1) is 0 Å². The molecule has 0 unspecified atom stereocenters. The Labute approximate surface area is 219 Å². The fourth-order valence-corrected chi connectivity index (χ4v) is 5.17. The van der Waals surface area contributed by atoms with Gasteiger partial charge in [-0.25, -0.2) is 23.5 Å². The number of halogens is 4. The Morgan fingerprint density at radius 1 is 1.17 bits per heavy atom. The van der Waals surface area contributed by atoms with Crippen molar-refractivity contribution in [2.75, 3.05) is 4.90 Å². The number of hydrogen-bond donors (Lipinski definition) is 0. The standard InChI is InChI=1S/C25H32BrClF2N4O2/c1-5-20-10-22(11-21(6-2)33(20)25(34)35-15(3)4)32(24-30-12-18(26)13-31-24)14-16-7-17(23(28)29)9-19(27)8-16/h7-9,12-13,15,20-23H,5-6,10-11,14H2,1-4H3/t20-,21+,22+. The smallest absolute Gasteiger partial charge is 0.410 e. The summed E-state index contributed by atoms with van der Waals surface area (Å²) in [5, 5.41) is 0.263. The molecular weight excluding hydrogens is 542 g/mol. The van der Waals surface area contributed by atoms with Crippen molar-refractivity contribution in [3.63, 3.8) is 0 Å². The van der Waals surface area contributed by atoms with Gasteiger partial charge in [0.2, 0.25) is 5.95 Å². The van der Waals surface area contributed by atoms with Crippen LogP contribution in [0.3, 0.4) is 0 Å². The van der Waals surface area contributed by atoms with E-state index >= 15 is 0 Å². The second-order valence-electron chi connectivity index (χ2n) is 9.11. The van der Waals surface area contributed by atoms with Crippen molar-refractivity contribution in [2.24, 2.45) is 0 Å². The van der Waals surface area contributed by atoms with Gasteiger partial charge in [-0.1, -0.05) is 25.4 Å². The molecule has 1 amide bonds. The van der Waals surface area contributed by atoms with Crippen molar-refractivity contribution in [3.8, 4) is 0 Å². The van der Waals surface area contributed by atoms with Gasteiger partial charge >= 0.3 is 6.09 Å². The van der Waals surface area contributed by atoms with Gasteiger partial charge in [0.1, 0.15) is 0 Å². The van der Waals surface area contributed by atoms with Crippen molar-refractivity contribution < 1.29 is 18.3 Å². The molecule has 1 aromatic heterocycles. The molecule has 1 fully saturated rings. The number of carbonyl (C=O) groups is 1. The maximum Gasteiger partial charge on any atom is 0.410 e. The summed E-state index contributed by atoms with van der Waals surface area (Å²) in [7, 11) is 0. The Kier molecular flexibility index (Phi) is 9.69. The zero-order valence-electron chi connectivity index (χ0n) is 20.4. The fraction of sp³-hybridized carbons (Fsp3) is 0.560. The molecule has 1 saturated heterocycles. The first-order valence-electron chi connectivity index (χ1n) is 11.9. The number of benzene rings is 1. The molecule has 0 N–H and O–H groups in total. The maximum atomic E-state index is 13.4. The van der Waals surface area contributed by atoms with Crippen molar-refractivity contribution >= 4 is 39.6 Å². The van der Waals surface area contributed by atoms with E-state index in [1.165, 1.54) is 12.1 Å². The van der Waals surface area contributed by atoms with Gasteiger partial charge in [0.05, 0.1) is 10.6 Å². The molecule has 1 aliphatic rings. The SMILES string of the molecule is CC[C@@H]1C[C@H](N(Cc2cc(Cl)cc(C(F)F)c2)c2ncc(Br)cn2)C[C@H](CC)N1C(=O)OC(C)C. The van der Waals surface area contributed by atoms with Gasteiger partial charge in [-0.2, -0.15) is 0 Å². The van der Waals surface area contributed by atoms with Crippen molar-refractivity contribution in [1.82, 2.24) is 14.9 Å². The monoisotopic (exact) mass is 572 g/mol. The van der Waals surface area contributed by atoms with Crippen LogP contribution in [0.25, 0.3) is 0 Å². The molecule has 3 atom stereocenters. The van der Waals surface area contributed by atoms with Crippen LogP contribution < -0.4 is 4.90 Å². The van der Waals surface area contributed by atoms with E-state index in [2.05, 4.69) is 39.7 Å². The molecule has 3 rings (SSSR count). The summed E-state index contributed by atoms with van der Waals surface area (Å²) in [5.41, 5.74) is 0.537. The van der Waals surface area contributed by atoms with Gasteiger partial charge in [-0.05, 0) is 79.2 Å². The molecule has 2 aromatic rings. The summed E-state index contributed by atoms with van der Waals surface area (Å²) in [5.74, 6) is 0.500. The second kappa shape index (κ2) is 12.3. The molecule has 192 valence electrons. The lowest BCUT2D eigenvalue weighted by Crippen LogP contribution is -2.57. The molecule has 0 radical (unpaired) electrons. The number of alkyl halides is 2. The average Bonchev–Trinajstić information content (AvgIpc) is 2.81. The molecule has 1 aromatic carbocycles. The molecule has 0 spiro atoms. The highest BCUT2D eigenvalue weighted by molar-refractivity contribution is 9.10. The first-order chi connectivity index (χ1) is 16.6. The number of carbonyl (C=O) groups excluding carboxylic acids is 1. The third-order valence-electron chi connectivity index (χ3n) is 6.25. The molecule has 0 bridgehead atoms. The van der Waals surface area contributed by atoms with Crippen LogP contribution in [0.5, 0.6) is 0 Å². The molecule has 2 heterocycles. The number of rotatable bonds is 8.